The van der Waals surface area contributed by atoms with Crippen LogP contribution in [0.3, 0.4) is 0 Å². The number of thioether (sulfide) groups is 1. The number of hydrogen-bond donors (Lipinski definition) is 0. The van der Waals surface area contributed by atoms with Crippen LogP contribution in [0.1, 0.15) is 11.1 Å². The Morgan fingerprint density at radius 3 is 2.45 bits per heavy atom. The standard InChI is InChI=1S/C23H16FNO3S/c24-18-11-9-16(10-12-18)15-28-20-8-4-5-17(13-20)14-21-22(26)25(23(27)29-21)19-6-2-1-3-7-19/h1-14H,15H2/b21-14+. The Balaban J connectivity index is 1.50. The lowest BCUT2D eigenvalue weighted by Gasteiger charge is -2.11. The average molecular weight is 405 g/mol. The van der Waals surface area contributed by atoms with Gasteiger partial charge in [-0.2, -0.15) is 0 Å². The molecule has 1 aliphatic rings. The van der Waals surface area contributed by atoms with Crippen LogP contribution in [0.5, 0.6) is 5.75 Å². The lowest BCUT2D eigenvalue weighted by atomic mass is 10.2. The first kappa shape index (κ1) is 19.0. The molecule has 0 atom stereocenters. The van der Waals surface area contributed by atoms with Crippen LogP contribution in [0.2, 0.25) is 0 Å². The van der Waals surface area contributed by atoms with Crippen molar-refractivity contribution in [2.24, 2.45) is 0 Å². The van der Waals surface area contributed by atoms with Gasteiger partial charge in [0, 0.05) is 0 Å². The molecule has 3 aromatic rings. The van der Waals surface area contributed by atoms with Gasteiger partial charge in [-0.25, -0.2) is 9.29 Å². The number of ether oxygens (including phenoxy) is 1. The molecule has 3 aromatic carbocycles. The molecule has 0 unspecified atom stereocenters. The van der Waals surface area contributed by atoms with E-state index in [-0.39, 0.29) is 17.0 Å². The molecule has 144 valence electrons. The third kappa shape index (κ3) is 4.38. The number of anilines is 1. The van der Waals surface area contributed by atoms with Crippen molar-refractivity contribution in [1.82, 2.24) is 0 Å². The fourth-order valence-corrected chi connectivity index (χ4v) is 3.70. The molecule has 0 aromatic heterocycles. The molecule has 6 heteroatoms. The average Bonchev–Trinajstić information content (AvgIpc) is 3.01. The summed E-state index contributed by atoms with van der Waals surface area (Å²) in [6.07, 6.45) is 1.68. The summed E-state index contributed by atoms with van der Waals surface area (Å²) < 4.78 is 18.7. The minimum Gasteiger partial charge on any atom is -0.489 e. The third-order valence-corrected chi connectivity index (χ3v) is 5.15. The second-order valence-electron chi connectivity index (χ2n) is 6.34. The summed E-state index contributed by atoms with van der Waals surface area (Å²) in [7, 11) is 0. The van der Waals surface area contributed by atoms with Crippen LogP contribution in [0.15, 0.2) is 83.8 Å². The molecule has 0 N–H and O–H groups in total. The van der Waals surface area contributed by atoms with Gasteiger partial charge in [-0.05, 0) is 65.4 Å². The molecular weight excluding hydrogens is 389 g/mol. The van der Waals surface area contributed by atoms with Crippen LogP contribution in [0.25, 0.3) is 6.08 Å². The molecule has 0 aliphatic carbocycles. The summed E-state index contributed by atoms with van der Waals surface area (Å²) in [5.41, 5.74) is 2.15. The maximum atomic E-state index is 13.0. The quantitative estimate of drug-likeness (QED) is 0.515. The van der Waals surface area contributed by atoms with Crippen molar-refractivity contribution in [1.29, 1.82) is 0 Å². The van der Waals surface area contributed by atoms with Gasteiger partial charge in [-0.1, -0.05) is 42.5 Å². The van der Waals surface area contributed by atoms with E-state index in [0.29, 0.717) is 22.9 Å². The molecule has 0 saturated carbocycles. The highest BCUT2D eigenvalue weighted by Crippen LogP contribution is 2.35. The third-order valence-electron chi connectivity index (χ3n) is 4.28. The molecule has 0 radical (unpaired) electrons. The fourth-order valence-electron chi connectivity index (χ4n) is 2.86. The smallest absolute Gasteiger partial charge is 0.298 e. The number of carbonyl (C=O) groups excluding carboxylic acids is 2. The number of halogens is 1. The number of amides is 2. The van der Waals surface area contributed by atoms with E-state index in [1.807, 2.05) is 18.2 Å². The Morgan fingerprint density at radius 1 is 0.931 bits per heavy atom. The van der Waals surface area contributed by atoms with Crippen molar-refractivity contribution in [2.75, 3.05) is 4.90 Å². The molecule has 29 heavy (non-hydrogen) atoms. The summed E-state index contributed by atoms with van der Waals surface area (Å²) in [6, 6.07) is 22.2. The van der Waals surface area contributed by atoms with Gasteiger partial charge >= 0.3 is 0 Å². The van der Waals surface area contributed by atoms with Crippen LogP contribution in [0.4, 0.5) is 14.9 Å². The first-order valence-electron chi connectivity index (χ1n) is 8.90. The van der Waals surface area contributed by atoms with E-state index >= 15 is 0 Å². The molecular formula is C23H16FNO3S. The van der Waals surface area contributed by atoms with Gasteiger partial charge in [0.15, 0.2) is 0 Å². The monoisotopic (exact) mass is 405 g/mol. The van der Waals surface area contributed by atoms with Crippen molar-refractivity contribution in [3.05, 3.63) is 101 Å². The molecule has 1 aliphatic heterocycles. The van der Waals surface area contributed by atoms with Gasteiger partial charge in [0.05, 0.1) is 10.6 Å². The first-order valence-corrected chi connectivity index (χ1v) is 9.72. The van der Waals surface area contributed by atoms with Gasteiger partial charge in [-0.3, -0.25) is 9.59 Å². The topological polar surface area (TPSA) is 46.6 Å². The summed E-state index contributed by atoms with van der Waals surface area (Å²) in [6.45, 7) is 0.300. The van der Waals surface area contributed by atoms with E-state index in [1.165, 1.54) is 17.0 Å². The van der Waals surface area contributed by atoms with Crippen molar-refractivity contribution < 1.29 is 18.7 Å². The normalized spacial score (nSPS) is 15.2. The summed E-state index contributed by atoms with van der Waals surface area (Å²) in [4.78, 5) is 26.5. The van der Waals surface area contributed by atoms with Crippen LogP contribution in [-0.2, 0) is 11.4 Å². The van der Waals surface area contributed by atoms with Crippen molar-refractivity contribution in [3.63, 3.8) is 0 Å². The molecule has 4 rings (SSSR count). The van der Waals surface area contributed by atoms with E-state index in [0.717, 1.165) is 22.9 Å². The maximum Gasteiger partial charge on any atom is 0.298 e. The molecule has 0 spiro atoms. The fraction of sp³-hybridized carbons (Fsp3) is 0.0435. The Kier molecular flexibility index (Phi) is 5.44. The maximum absolute atomic E-state index is 13.0. The summed E-state index contributed by atoms with van der Waals surface area (Å²) in [5, 5.41) is -0.323. The lowest BCUT2D eigenvalue weighted by molar-refractivity contribution is -0.113. The number of nitrogens with zero attached hydrogens (tertiary/aromatic N) is 1. The van der Waals surface area contributed by atoms with Crippen molar-refractivity contribution in [2.45, 2.75) is 6.61 Å². The number of benzene rings is 3. The summed E-state index contributed by atoms with van der Waals surface area (Å²) >= 11 is 0.911. The zero-order chi connectivity index (χ0) is 20.2. The minimum absolute atomic E-state index is 0.291. The predicted molar refractivity (Wildman–Crippen MR) is 112 cm³/mol. The SMILES string of the molecule is O=C1S/C(=C/c2cccc(OCc3ccc(F)cc3)c2)C(=O)N1c1ccccc1. The molecule has 1 saturated heterocycles. The Labute approximate surface area is 171 Å². The molecule has 4 nitrogen and oxygen atoms in total. The highest BCUT2D eigenvalue weighted by molar-refractivity contribution is 8.19. The minimum atomic E-state index is -0.344. The molecule has 2 amide bonds. The predicted octanol–water partition coefficient (Wildman–Crippen LogP) is 5.65. The summed E-state index contributed by atoms with van der Waals surface area (Å²) in [5.74, 6) is -0.0191. The molecule has 0 bridgehead atoms. The van der Waals surface area contributed by atoms with Crippen LogP contribution >= 0.6 is 11.8 Å². The first-order chi connectivity index (χ1) is 14.1. The largest absolute Gasteiger partial charge is 0.489 e. The molecule has 1 heterocycles. The highest BCUT2D eigenvalue weighted by atomic mass is 32.2. The number of hydrogen-bond acceptors (Lipinski definition) is 4. The van der Waals surface area contributed by atoms with Gasteiger partial charge in [0.1, 0.15) is 18.2 Å². The number of imide groups is 1. The van der Waals surface area contributed by atoms with Crippen LogP contribution in [-0.4, -0.2) is 11.1 Å². The number of para-hydroxylation sites is 1. The van der Waals surface area contributed by atoms with E-state index in [4.69, 9.17) is 4.74 Å². The van der Waals surface area contributed by atoms with Gasteiger partial charge in [0.25, 0.3) is 11.1 Å². The second-order valence-corrected chi connectivity index (χ2v) is 7.33. The zero-order valence-corrected chi connectivity index (χ0v) is 16.1. The Bertz CT molecular complexity index is 1080. The number of carbonyl (C=O) groups is 2. The lowest BCUT2D eigenvalue weighted by Crippen LogP contribution is -2.27. The van der Waals surface area contributed by atoms with E-state index in [1.54, 1.807) is 54.6 Å². The van der Waals surface area contributed by atoms with Crippen molar-refractivity contribution >= 4 is 34.7 Å². The van der Waals surface area contributed by atoms with E-state index in [9.17, 15) is 14.0 Å². The van der Waals surface area contributed by atoms with Gasteiger partial charge < -0.3 is 4.74 Å². The van der Waals surface area contributed by atoms with Crippen LogP contribution in [0, 0.1) is 5.82 Å². The van der Waals surface area contributed by atoms with Crippen molar-refractivity contribution in [3.8, 4) is 5.75 Å². The number of rotatable bonds is 5. The van der Waals surface area contributed by atoms with Crippen LogP contribution < -0.4 is 9.64 Å². The van der Waals surface area contributed by atoms with E-state index in [2.05, 4.69) is 0 Å². The van der Waals surface area contributed by atoms with Gasteiger partial charge in [-0.15, -0.1) is 0 Å². The highest BCUT2D eigenvalue weighted by Gasteiger charge is 2.36. The van der Waals surface area contributed by atoms with Gasteiger partial charge in [0.2, 0.25) is 0 Å². The second kappa shape index (κ2) is 8.32. The Hall–Kier alpha value is -3.38. The molecule has 1 fully saturated rings. The zero-order valence-electron chi connectivity index (χ0n) is 15.2. The Morgan fingerprint density at radius 2 is 1.69 bits per heavy atom. The van der Waals surface area contributed by atoms with E-state index < -0.39 is 0 Å².